The van der Waals surface area contributed by atoms with Crippen LogP contribution in [0.15, 0.2) is 36.4 Å². The fraction of sp³-hybridized carbons (Fsp3) is 0.312. The summed E-state index contributed by atoms with van der Waals surface area (Å²) in [4.78, 5) is 13.9. The molecule has 3 rings (SSSR count). The van der Waals surface area contributed by atoms with Crippen LogP contribution in [-0.4, -0.2) is 11.3 Å². The second-order valence-corrected chi connectivity index (χ2v) is 4.70. The Morgan fingerprint density at radius 2 is 2.06 bits per heavy atom. The lowest BCUT2D eigenvalue weighted by molar-refractivity contribution is 0.111. The second-order valence-electron chi connectivity index (χ2n) is 4.70. The molecule has 0 saturated carbocycles. The highest BCUT2D eigenvalue weighted by atomic mass is 16.1. The smallest absolute Gasteiger partial charge is 0.166 e. The summed E-state index contributed by atoms with van der Waals surface area (Å²) >= 11 is 0. The Balaban J connectivity index is 0.00000120. The SMILES string of the molecule is C.O=Cc1cc2c([nH]1)CC[C@@H]2Cc1ccccc1. The zero-order valence-electron chi connectivity index (χ0n) is 9.65. The van der Waals surface area contributed by atoms with Crippen LogP contribution in [0.25, 0.3) is 0 Å². The van der Waals surface area contributed by atoms with Crippen LogP contribution in [0, 0.1) is 0 Å². The van der Waals surface area contributed by atoms with Crippen molar-refractivity contribution in [1.82, 2.24) is 4.98 Å². The van der Waals surface area contributed by atoms with Crippen LogP contribution in [0.4, 0.5) is 0 Å². The van der Waals surface area contributed by atoms with Crippen molar-refractivity contribution < 1.29 is 4.79 Å². The van der Waals surface area contributed by atoms with Crippen LogP contribution in [0.1, 0.15) is 47.1 Å². The van der Waals surface area contributed by atoms with Crippen LogP contribution in [0.5, 0.6) is 0 Å². The summed E-state index contributed by atoms with van der Waals surface area (Å²) < 4.78 is 0. The molecule has 0 fully saturated rings. The Morgan fingerprint density at radius 3 is 2.78 bits per heavy atom. The molecular weight excluding hydrogens is 222 g/mol. The predicted octanol–water partition coefficient (Wildman–Crippen LogP) is 3.74. The van der Waals surface area contributed by atoms with E-state index in [9.17, 15) is 4.79 Å². The van der Waals surface area contributed by atoms with Crippen molar-refractivity contribution in [3.05, 3.63) is 58.9 Å². The van der Waals surface area contributed by atoms with Crippen LogP contribution in [0.3, 0.4) is 0 Å². The third-order valence-electron chi connectivity index (χ3n) is 3.59. The highest BCUT2D eigenvalue weighted by Crippen LogP contribution is 2.35. The van der Waals surface area contributed by atoms with E-state index in [1.54, 1.807) is 0 Å². The Hall–Kier alpha value is -1.83. The fourth-order valence-electron chi connectivity index (χ4n) is 2.76. The molecule has 2 aromatic rings. The van der Waals surface area contributed by atoms with Gasteiger partial charge in [-0.15, -0.1) is 0 Å². The molecule has 1 aliphatic rings. The minimum atomic E-state index is 0. The lowest BCUT2D eigenvalue weighted by Gasteiger charge is -2.09. The number of aromatic nitrogens is 1. The lowest BCUT2D eigenvalue weighted by Crippen LogP contribution is -1.97. The zero-order valence-corrected chi connectivity index (χ0v) is 9.65. The first kappa shape index (κ1) is 12.6. The van der Waals surface area contributed by atoms with E-state index in [4.69, 9.17) is 0 Å². The van der Waals surface area contributed by atoms with Crippen LogP contribution in [-0.2, 0) is 12.8 Å². The van der Waals surface area contributed by atoms with E-state index < -0.39 is 0 Å². The average molecular weight is 241 g/mol. The van der Waals surface area contributed by atoms with E-state index in [0.29, 0.717) is 11.6 Å². The first-order chi connectivity index (χ1) is 8.36. The number of benzene rings is 1. The molecule has 0 amide bonds. The Kier molecular flexibility index (Phi) is 3.66. The molecule has 1 aromatic heterocycles. The first-order valence-corrected chi connectivity index (χ1v) is 6.07. The Bertz CT molecular complexity index is 527. The third-order valence-corrected chi connectivity index (χ3v) is 3.59. The highest BCUT2D eigenvalue weighted by Gasteiger charge is 2.24. The van der Waals surface area contributed by atoms with Gasteiger partial charge in [-0.2, -0.15) is 0 Å². The van der Waals surface area contributed by atoms with E-state index in [1.807, 2.05) is 12.1 Å². The van der Waals surface area contributed by atoms with Crippen LogP contribution in [0.2, 0.25) is 0 Å². The van der Waals surface area contributed by atoms with Gasteiger partial charge in [0.1, 0.15) is 0 Å². The molecule has 0 aliphatic heterocycles. The van der Waals surface area contributed by atoms with Crippen molar-refractivity contribution in [2.24, 2.45) is 0 Å². The van der Waals surface area contributed by atoms with E-state index in [0.717, 1.165) is 19.1 Å². The van der Waals surface area contributed by atoms with Crippen molar-refractivity contribution >= 4 is 6.29 Å². The summed E-state index contributed by atoms with van der Waals surface area (Å²) in [6, 6.07) is 12.6. The summed E-state index contributed by atoms with van der Waals surface area (Å²) in [5.74, 6) is 0.567. The molecule has 1 heterocycles. The van der Waals surface area contributed by atoms with E-state index in [-0.39, 0.29) is 7.43 Å². The summed E-state index contributed by atoms with van der Waals surface area (Å²) in [6.07, 6.45) is 4.23. The molecule has 2 nitrogen and oxygen atoms in total. The van der Waals surface area contributed by atoms with Crippen molar-refractivity contribution in [2.45, 2.75) is 32.6 Å². The number of fused-ring (bicyclic) bond motifs is 1. The summed E-state index contributed by atoms with van der Waals surface area (Å²) in [6.45, 7) is 0. The number of carbonyl (C=O) groups is 1. The molecule has 0 saturated heterocycles. The van der Waals surface area contributed by atoms with Gasteiger partial charge in [0.15, 0.2) is 6.29 Å². The van der Waals surface area contributed by atoms with Crippen molar-refractivity contribution in [3.63, 3.8) is 0 Å². The number of aryl methyl sites for hydroxylation is 1. The van der Waals surface area contributed by atoms with Gasteiger partial charge in [0.2, 0.25) is 0 Å². The van der Waals surface area contributed by atoms with Gasteiger partial charge in [-0.05, 0) is 42.4 Å². The molecule has 18 heavy (non-hydrogen) atoms. The number of H-pyrrole nitrogens is 1. The second kappa shape index (κ2) is 5.21. The number of hydrogen-bond donors (Lipinski definition) is 1. The van der Waals surface area contributed by atoms with E-state index >= 15 is 0 Å². The monoisotopic (exact) mass is 241 g/mol. The standard InChI is InChI=1S/C15H15NO.CH4/c17-10-13-9-14-12(6-7-15(14)16-13)8-11-4-2-1-3-5-11;/h1-5,9-10,12,16H,6-8H2;1H4/t12-;/m1./s1. The molecule has 0 bridgehead atoms. The number of carbonyl (C=O) groups excluding carboxylic acids is 1. The van der Waals surface area contributed by atoms with Gasteiger partial charge < -0.3 is 4.98 Å². The topological polar surface area (TPSA) is 32.9 Å². The van der Waals surface area contributed by atoms with Gasteiger partial charge in [-0.25, -0.2) is 0 Å². The summed E-state index contributed by atoms with van der Waals surface area (Å²) in [5, 5.41) is 0. The number of aldehydes is 1. The first-order valence-electron chi connectivity index (χ1n) is 6.07. The van der Waals surface area contributed by atoms with Crippen molar-refractivity contribution in [1.29, 1.82) is 0 Å². The molecule has 1 N–H and O–H groups in total. The lowest BCUT2D eigenvalue weighted by atomic mass is 9.95. The average Bonchev–Trinajstić information content (AvgIpc) is 2.92. The Labute approximate surface area is 108 Å². The van der Waals surface area contributed by atoms with Crippen molar-refractivity contribution in [2.75, 3.05) is 0 Å². The predicted molar refractivity (Wildman–Crippen MR) is 74.1 cm³/mol. The highest BCUT2D eigenvalue weighted by molar-refractivity contribution is 5.73. The molecule has 1 aliphatic carbocycles. The molecule has 0 radical (unpaired) electrons. The quantitative estimate of drug-likeness (QED) is 0.816. The Morgan fingerprint density at radius 1 is 1.28 bits per heavy atom. The zero-order chi connectivity index (χ0) is 11.7. The normalized spacial score (nSPS) is 17.0. The maximum Gasteiger partial charge on any atom is 0.166 e. The maximum atomic E-state index is 10.7. The van der Waals surface area contributed by atoms with Gasteiger partial charge in [-0.1, -0.05) is 37.8 Å². The van der Waals surface area contributed by atoms with Gasteiger partial charge >= 0.3 is 0 Å². The molecule has 1 atom stereocenters. The summed E-state index contributed by atoms with van der Waals surface area (Å²) in [5.41, 5.74) is 4.69. The minimum Gasteiger partial charge on any atom is -0.356 e. The molecule has 1 aromatic carbocycles. The van der Waals surface area contributed by atoms with Crippen LogP contribution < -0.4 is 0 Å². The van der Waals surface area contributed by atoms with E-state index in [1.165, 1.54) is 23.2 Å². The molecule has 2 heteroatoms. The molecule has 0 spiro atoms. The fourth-order valence-corrected chi connectivity index (χ4v) is 2.76. The summed E-state index contributed by atoms with van der Waals surface area (Å²) in [7, 11) is 0. The van der Waals surface area contributed by atoms with Crippen molar-refractivity contribution in [3.8, 4) is 0 Å². The number of nitrogens with one attached hydrogen (secondary N) is 1. The number of aromatic amines is 1. The van der Waals surface area contributed by atoms with Gasteiger partial charge in [0, 0.05) is 5.69 Å². The number of rotatable bonds is 3. The van der Waals surface area contributed by atoms with Crippen LogP contribution >= 0.6 is 0 Å². The number of hydrogen-bond acceptors (Lipinski definition) is 1. The van der Waals surface area contributed by atoms with Gasteiger partial charge in [0.25, 0.3) is 0 Å². The third kappa shape index (κ3) is 2.23. The maximum absolute atomic E-state index is 10.7. The molecular formula is C16H19NO. The molecule has 94 valence electrons. The van der Waals surface area contributed by atoms with Gasteiger partial charge in [-0.3, -0.25) is 4.79 Å². The minimum absolute atomic E-state index is 0. The van der Waals surface area contributed by atoms with Gasteiger partial charge in [0.05, 0.1) is 5.69 Å². The van der Waals surface area contributed by atoms with E-state index in [2.05, 4.69) is 29.2 Å². The largest absolute Gasteiger partial charge is 0.356 e. The molecule has 0 unspecified atom stereocenters.